The van der Waals surface area contributed by atoms with E-state index in [0.717, 1.165) is 31.4 Å². The Morgan fingerprint density at radius 2 is 2.00 bits per heavy atom. The average molecular weight is 273 g/mol. The Kier molecular flexibility index (Phi) is 4.87. The number of aryl methyl sites for hydroxylation is 1. The van der Waals surface area contributed by atoms with Crippen molar-refractivity contribution in [2.75, 3.05) is 0 Å². The summed E-state index contributed by atoms with van der Waals surface area (Å²) < 4.78 is 1.73. The molecule has 1 aromatic heterocycles. The lowest BCUT2D eigenvalue weighted by atomic mass is 10.1. The standard InChI is InChI=1S/C15H19N3O2/c1-2-3-7-10-18-13(14(15(19)20)16-17-18)11-12-8-5-4-6-9-12/h4-6,8-9H,2-3,7,10-11H2,1H3,(H,19,20). The van der Waals surface area contributed by atoms with Gasteiger partial charge in [0, 0.05) is 13.0 Å². The quantitative estimate of drug-likeness (QED) is 0.788. The van der Waals surface area contributed by atoms with Crippen molar-refractivity contribution in [1.29, 1.82) is 0 Å². The topological polar surface area (TPSA) is 68.0 Å². The lowest BCUT2D eigenvalue weighted by Crippen LogP contribution is -2.09. The van der Waals surface area contributed by atoms with Crippen LogP contribution < -0.4 is 0 Å². The number of unbranched alkanes of at least 4 members (excludes halogenated alkanes) is 2. The summed E-state index contributed by atoms with van der Waals surface area (Å²) in [6.07, 6.45) is 3.75. The van der Waals surface area contributed by atoms with E-state index in [0.29, 0.717) is 12.1 Å². The van der Waals surface area contributed by atoms with Crippen LogP contribution in [0.1, 0.15) is 47.9 Å². The van der Waals surface area contributed by atoms with E-state index >= 15 is 0 Å². The molecule has 1 N–H and O–H groups in total. The molecule has 2 rings (SSSR count). The van der Waals surface area contributed by atoms with Gasteiger partial charge in [0.05, 0.1) is 5.69 Å². The van der Waals surface area contributed by atoms with Gasteiger partial charge in [-0.05, 0) is 12.0 Å². The molecule has 0 saturated carbocycles. The predicted octanol–water partition coefficient (Wildman–Crippen LogP) is 2.76. The average Bonchev–Trinajstić information content (AvgIpc) is 2.84. The number of hydrogen-bond donors (Lipinski definition) is 1. The van der Waals surface area contributed by atoms with Gasteiger partial charge in [0.1, 0.15) is 0 Å². The minimum absolute atomic E-state index is 0.0605. The molecule has 0 saturated heterocycles. The van der Waals surface area contributed by atoms with Crippen LogP contribution in [0.15, 0.2) is 30.3 Å². The van der Waals surface area contributed by atoms with Crippen LogP contribution in [-0.4, -0.2) is 26.1 Å². The van der Waals surface area contributed by atoms with Gasteiger partial charge in [-0.3, -0.25) is 0 Å². The highest BCUT2D eigenvalue weighted by atomic mass is 16.4. The number of benzene rings is 1. The summed E-state index contributed by atoms with van der Waals surface area (Å²) in [5, 5.41) is 17.0. The van der Waals surface area contributed by atoms with Crippen molar-refractivity contribution in [3.8, 4) is 0 Å². The van der Waals surface area contributed by atoms with Crippen LogP contribution in [-0.2, 0) is 13.0 Å². The fourth-order valence-electron chi connectivity index (χ4n) is 2.15. The molecular formula is C15H19N3O2. The molecule has 0 aliphatic heterocycles. The van der Waals surface area contributed by atoms with Gasteiger partial charge < -0.3 is 5.11 Å². The van der Waals surface area contributed by atoms with Gasteiger partial charge in [0.2, 0.25) is 0 Å². The van der Waals surface area contributed by atoms with Gasteiger partial charge >= 0.3 is 5.97 Å². The Hall–Kier alpha value is -2.17. The third-order valence-electron chi connectivity index (χ3n) is 3.23. The van der Waals surface area contributed by atoms with Gasteiger partial charge in [-0.15, -0.1) is 5.10 Å². The first-order chi connectivity index (χ1) is 9.72. The Morgan fingerprint density at radius 1 is 1.25 bits per heavy atom. The first-order valence-corrected chi connectivity index (χ1v) is 6.92. The fourth-order valence-corrected chi connectivity index (χ4v) is 2.15. The lowest BCUT2D eigenvalue weighted by molar-refractivity contribution is 0.0689. The van der Waals surface area contributed by atoms with Gasteiger partial charge in [0.25, 0.3) is 0 Å². The maximum atomic E-state index is 11.2. The number of nitrogens with zero attached hydrogens (tertiary/aromatic N) is 3. The van der Waals surface area contributed by atoms with E-state index in [4.69, 9.17) is 0 Å². The summed E-state index contributed by atoms with van der Waals surface area (Å²) in [6.45, 7) is 2.85. The van der Waals surface area contributed by atoms with E-state index < -0.39 is 5.97 Å². The van der Waals surface area contributed by atoms with Gasteiger partial charge in [-0.1, -0.05) is 55.3 Å². The maximum Gasteiger partial charge on any atom is 0.358 e. The maximum absolute atomic E-state index is 11.2. The highest BCUT2D eigenvalue weighted by Gasteiger charge is 2.18. The number of rotatable bonds is 7. The molecule has 106 valence electrons. The first-order valence-electron chi connectivity index (χ1n) is 6.92. The molecule has 0 aliphatic rings. The third-order valence-corrected chi connectivity index (χ3v) is 3.23. The molecule has 2 aromatic rings. The summed E-state index contributed by atoms with van der Waals surface area (Å²) in [5.41, 5.74) is 1.80. The molecule has 0 radical (unpaired) electrons. The molecule has 1 aromatic carbocycles. The summed E-state index contributed by atoms with van der Waals surface area (Å²) in [6, 6.07) is 9.80. The van der Waals surface area contributed by atoms with Crippen molar-refractivity contribution in [3.63, 3.8) is 0 Å². The number of aromatic carboxylic acids is 1. The molecule has 0 bridgehead atoms. The largest absolute Gasteiger partial charge is 0.476 e. The molecule has 0 unspecified atom stereocenters. The van der Waals surface area contributed by atoms with Crippen molar-refractivity contribution in [3.05, 3.63) is 47.3 Å². The van der Waals surface area contributed by atoms with E-state index in [1.54, 1.807) is 4.68 Å². The fraction of sp³-hybridized carbons (Fsp3) is 0.400. The molecule has 0 fully saturated rings. The molecule has 0 spiro atoms. The van der Waals surface area contributed by atoms with Crippen LogP contribution in [0.2, 0.25) is 0 Å². The van der Waals surface area contributed by atoms with Crippen molar-refractivity contribution >= 4 is 5.97 Å². The predicted molar refractivity (Wildman–Crippen MR) is 75.8 cm³/mol. The number of aromatic nitrogens is 3. The van der Waals surface area contributed by atoms with E-state index in [-0.39, 0.29) is 5.69 Å². The lowest BCUT2D eigenvalue weighted by Gasteiger charge is -2.07. The van der Waals surface area contributed by atoms with Crippen molar-refractivity contribution in [1.82, 2.24) is 15.0 Å². The second-order valence-electron chi connectivity index (χ2n) is 4.78. The molecule has 0 atom stereocenters. The van der Waals surface area contributed by atoms with Crippen LogP contribution in [0.25, 0.3) is 0 Å². The summed E-state index contributed by atoms with van der Waals surface area (Å²) in [4.78, 5) is 11.2. The Morgan fingerprint density at radius 3 is 2.65 bits per heavy atom. The Balaban J connectivity index is 2.22. The number of carboxylic acids is 1. The van der Waals surface area contributed by atoms with Crippen LogP contribution in [0.4, 0.5) is 0 Å². The minimum atomic E-state index is -1.02. The Labute approximate surface area is 118 Å². The first kappa shape index (κ1) is 14.2. The van der Waals surface area contributed by atoms with Gasteiger partial charge in [-0.25, -0.2) is 9.48 Å². The zero-order valence-electron chi connectivity index (χ0n) is 11.6. The highest BCUT2D eigenvalue weighted by molar-refractivity contribution is 5.86. The number of carbonyl (C=O) groups is 1. The van der Waals surface area contributed by atoms with E-state index in [1.807, 2.05) is 30.3 Å². The summed E-state index contributed by atoms with van der Waals surface area (Å²) in [7, 11) is 0. The zero-order valence-corrected chi connectivity index (χ0v) is 11.6. The van der Waals surface area contributed by atoms with Crippen LogP contribution in [0.5, 0.6) is 0 Å². The Bertz CT molecular complexity index is 564. The molecule has 0 aliphatic carbocycles. The van der Waals surface area contributed by atoms with Crippen LogP contribution in [0, 0.1) is 0 Å². The summed E-state index contributed by atoms with van der Waals surface area (Å²) in [5.74, 6) is -1.02. The van der Waals surface area contributed by atoms with E-state index in [1.165, 1.54) is 0 Å². The molecule has 5 heteroatoms. The molecular weight excluding hydrogens is 254 g/mol. The van der Waals surface area contributed by atoms with Crippen LogP contribution in [0.3, 0.4) is 0 Å². The number of hydrogen-bond acceptors (Lipinski definition) is 3. The molecule has 5 nitrogen and oxygen atoms in total. The minimum Gasteiger partial charge on any atom is -0.476 e. The normalized spacial score (nSPS) is 10.7. The van der Waals surface area contributed by atoms with Crippen molar-refractivity contribution < 1.29 is 9.90 Å². The smallest absolute Gasteiger partial charge is 0.358 e. The second-order valence-corrected chi connectivity index (χ2v) is 4.78. The SMILES string of the molecule is CCCCCn1nnc(C(=O)O)c1Cc1ccccc1. The number of carboxylic acid groups (broad SMARTS) is 1. The molecule has 0 amide bonds. The molecule has 1 heterocycles. The van der Waals surface area contributed by atoms with Crippen molar-refractivity contribution in [2.45, 2.75) is 39.2 Å². The highest BCUT2D eigenvalue weighted by Crippen LogP contribution is 2.13. The van der Waals surface area contributed by atoms with E-state index in [9.17, 15) is 9.90 Å². The zero-order chi connectivity index (χ0) is 14.4. The van der Waals surface area contributed by atoms with Gasteiger partial charge in [-0.2, -0.15) is 0 Å². The summed E-state index contributed by atoms with van der Waals surface area (Å²) >= 11 is 0. The monoisotopic (exact) mass is 273 g/mol. The van der Waals surface area contributed by atoms with Crippen molar-refractivity contribution in [2.24, 2.45) is 0 Å². The van der Waals surface area contributed by atoms with Gasteiger partial charge in [0.15, 0.2) is 5.69 Å². The molecule has 20 heavy (non-hydrogen) atoms. The van der Waals surface area contributed by atoms with Crippen LogP contribution >= 0.6 is 0 Å². The third kappa shape index (κ3) is 3.44. The second kappa shape index (κ2) is 6.84. The van der Waals surface area contributed by atoms with E-state index in [2.05, 4.69) is 17.2 Å².